The van der Waals surface area contributed by atoms with Gasteiger partial charge in [-0.25, -0.2) is 4.98 Å². The lowest BCUT2D eigenvalue weighted by Crippen LogP contribution is -2.13. The summed E-state index contributed by atoms with van der Waals surface area (Å²) >= 11 is 9.27. The maximum atomic E-state index is 12.2. The van der Waals surface area contributed by atoms with Gasteiger partial charge in [0.05, 0.1) is 17.4 Å². The van der Waals surface area contributed by atoms with E-state index in [0.29, 0.717) is 16.4 Å². The highest BCUT2D eigenvalue weighted by Crippen LogP contribution is 2.23. The number of nitrogens with one attached hydrogen (secondary N) is 1. The van der Waals surface area contributed by atoms with Crippen LogP contribution in [0.1, 0.15) is 21.5 Å². The lowest BCUT2D eigenvalue weighted by atomic mass is 10.1. The average Bonchev–Trinajstić information content (AvgIpc) is 2.37. The number of carbonyl (C=O) groups excluding carboxylic acids is 1. The molecule has 0 radical (unpaired) electrons. The molecule has 0 fully saturated rings. The number of nitrogens with zero attached hydrogens (tertiary/aromatic N) is 1. The molecule has 0 aliphatic heterocycles. The van der Waals surface area contributed by atoms with E-state index in [1.807, 2.05) is 26.0 Å². The second-order valence-electron chi connectivity index (χ2n) is 4.22. The zero-order valence-corrected chi connectivity index (χ0v) is 12.8. The number of aromatic nitrogens is 1. The van der Waals surface area contributed by atoms with Gasteiger partial charge in [0.15, 0.2) is 0 Å². The Morgan fingerprint density at radius 2 is 2.05 bits per heavy atom. The van der Waals surface area contributed by atoms with E-state index in [1.54, 1.807) is 12.1 Å². The summed E-state index contributed by atoms with van der Waals surface area (Å²) in [7, 11) is 0. The third kappa shape index (κ3) is 3.14. The van der Waals surface area contributed by atoms with Gasteiger partial charge in [-0.1, -0.05) is 23.7 Å². The molecule has 0 saturated carbocycles. The molecule has 2 rings (SSSR count). The highest BCUT2D eigenvalue weighted by atomic mass is 79.9. The van der Waals surface area contributed by atoms with Crippen LogP contribution < -0.4 is 5.32 Å². The number of anilines is 1. The number of carbonyl (C=O) groups is 1. The summed E-state index contributed by atoms with van der Waals surface area (Å²) in [6.07, 6.45) is 1.54. The molecule has 1 heterocycles. The molecule has 19 heavy (non-hydrogen) atoms. The molecular formula is C14H12BrClN2O. The van der Waals surface area contributed by atoms with Gasteiger partial charge in [-0.15, -0.1) is 0 Å². The van der Waals surface area contributed by atoms with Gasteiger partial charge < -0.3 is 5.32 Å². The van der Waals surface area contributed by atoms with Crippen molar-refractivity contribution in [3.05, 3.63) is 56.8 Å². The van der Waals surface area contributed by atoms with Crippen molar-refractivity contribution in [3.63, 3.8) is 0 Å². The Labute approximate surface area is 125 Å². The zero-order valence-electron chi connectivity index (χ0n) is 10.5. The van der Waals surface area contributed by atoms with Crippen LogP contribution in [0.25, 0.3) is 0 Å². The molecule has 5 heteroatoms. The molecule has 2 aromatic rings. The van der Waals surface area contributed by atoms with Crippen LogP contribution >= 0.6 is 27.5 Å². The van der Waals surface area contributed by atoms with Crippen LogP contribution in [-0.4, -0.2) is 10.9 Å². The van der Waals surface area contributed by atoms with Gasteiger partial charge in [0.2, 0.25) is 0 Å². The summed E-state index contributed by atoms with van der Waals surface area (Å²) in [6.45, 7) is 3.78. The lowest BCUT2D eigenvalue weighted by Gasteiger charge is -2.09. The van der Waals surface area contributed by atoms with Gasteiger partial charge in [-0.05, 0) is 53.0 Å². The van der Waals surface area contributed by atoms with Gasteiger partial charge in [-0.2, -0.15) is 0 Å². The van der Waals surface area contributed by atoms with Gasteiger partial charge in [0, 0.05) is 4.47 Å². The topological polar surface area (TPSA) is 42.0 Å². The molecular weight excluding hydrogens is 328 g/mol. The Kier molecular flexibility index (Phi) is 4.22. The predicted octanol–water partition coefficient (Wildman–Crippen LogP) is 4.37. The molecule has 0 bridgehead atoms. The summed E-state index contributed by atoms with van der Waals surface area (Å²) in [5.74, 6) is -0.181. The minimum Gasteiger partial charge on any atom is -0.321 e. The minimum atomic E-state index is -0.181. The normalized spacial score (nSPS) is 10.3. The van der Waals surface area contributed by atoms with Crippen molar-refractivity contribution >= 4 is 39.1 Å². The van der Waals surface area contributed by atoms with E-state index in [-0.39, 0.29) is 5.91 Å². The molecule has 3 nitrogen and oxygen atoms in total. The molecule has 0 spiro atoms. The van der Waals surface area contributed by atoms with Crippen LogP contribution in [0.2, 0.25) is 5.15 Å². The van der Waals surface area contributed by atoms with E-state index in [0.717, 1.165) is 15.6 Å². The van der Waals surface area contributed by atoms with Crippen LogP contribution in [0, 0.1) is 13.8 Å². The minimum absolute atomic E-state index is 0.181. The SMILES string of the molecule is Cc1cc(NC(=O)c2cccc(C)c2Br)cnc1Cl. The van der Waals surface area contributed by atoms with Crippen molar-refractivity contribution in [1.29, 1.82) is 0 Å². The Hall–Kier alpha value is -1.39. The quantitative estimate of drug-likeness (QED) is 0.826. The van der Waals surface area contributed by atoms with E-state index < -0.39 is 0 Å². The van der Waals surface area contributed by atoms with Crippen LogP contribution in [0.5, 0.6) is 0 Å². The summed E-state index contributed by atoms with van der Waals surface area (Å²) in [4.78, 5) is 16.2. The van der Waals surface area contributed by atoms with Gasteiger partial charge in [-0.3, -0.25) is 4.79 Å². The number of amides is 1. The third-order valence-corrected chi connectivity index (χ3v) is 4.16. The maximum Gasteiger partial charge on any atom is 0.256 e. The van der Waals surface area contributed by atoms with Gasteiger partial charge in [0.25, 0.3) is 5.91 Å². The first-order valence-corrected chi connectivity index (χ1v) is 6.84. The molecule has 1 aromatic carbocycles. The summed E-state index contributed by atoms with van der Waals surface area (Å²) < 4.78 is 0.797. The number of hydrogen-bond donors (Lipinski definition) is 1. The first kappa shape index (κ1) is 14.0. The van der Waals surface area contributed by atoms with E-state index in [9.17, 15) is 4.79 Å². The first-order chi connectivity index (χ1) is 8.99. The molecule has 1 N–H and O–H groups in total. The molecule has 0 saturated heterocycles. The van der Waals surface area contributed by atoms with E-state index in [4.69, 9.17) is 11.6 Å². The number of benzene rings is 1. The van der Waals surface area contributed by atoms with E-state index >= 15 is 0 Å². The Morgan fingerprint density at radius 1 is 1.32 bits per heavy atom. The summed E-state index contributed by atoms with van der Waals surface area (Å²) in [5.41, 5.74) is 3.05. The smallest absolute Gasteiger partial charge is 0.256 e. The molecule has 1 amide bonds. The highest BCUT2D eigenvalue weighted by molar-refractivity contribution is 9.10. The summed E-state index contributed by atoms with van der Waals surface area (Å²) in [6, 6.07) is 7.34. The fourth-order valence-electron chi connectivity index (χ4n) is 1.65. The number of halogens is 2. The van der Waals surface area contributed by atoms with Crippen molar-refractivity contribution in [1.82, 2.24) is 4.98 Å². The Morgan fingerprint density at radius 3 is 2.74 bits per heavy atom. The predicted molar refractivity (Wildman–Crippen MR) is 80.8 cm³/mol. The second-order valence-corrected chi connectivity index (χ2v) is 5.37. The van der Waals surface area contributed by atoms with Crippen molar-refractivity contribution < 1.29 is 4.79 Å². The van der Waals surface area contributed by atoms with Gasteiger partial charge >= 0.3 is 0 Å². The molecule has 0 unspecified atom stereocenters. The van der Waals surface area contributed by atoms with Crippen LogP contribution in [0.4, 0.5) is 5.69 Å². The van der Waals surface area contributed by atoms with Crippen molar-refractivity contribution in [2.75, 3.05) is 5.32 Å². The van der Waals surface area contributed by atoms with E-state index in [1.165, 1.54) is 6.20 Å². The third-order valence-electron chi connectivity index (χ3n) is 2.71. The van der Waals surface area contributed by atoms with Gasteiger partial charge in [0.1, 0.15) is 5.15 Å². The number of rotatable bonds is 2. The lowest BCUT2D eigenvalue weighted by molar-refractivity contribution is 0.102. The first-order valence-electron chi connectivity index (χ1n) is 5.67. The summed E-state index contributed by atoms with van der Waals surface area (Å²) in [5, 5.41) is 3.24. The molecule has 1 aromatic heterocycles. The van der Waals surface area contributed by atoms with Crippen LogP contribution in [0.3, 0.4) is 0 Å². The zero-order chi connectivity index (χ0) is 14.0. The fourth-order valence-corrected chi connectivity index (χ4v) is 2.20. The molecule has 98 valence electrons. The fraction of sp³-hybridized carbons (Fsp3) is 0.143. The Balaban J connectivity index is 2.26. The van der Waals surface area contributed by atoms with Crippen molar-refractivity contribution in [2.45, 2.75) is 13.8 Å². The number of hydrogen-bond acceptors (Lipinski definition) is 2. The van der Waals surface area contributed by atoms with Crippen molar-refractivity contribution in [2.24, 2.45) is 0 Å². The van der Waals surface area contributed by atoms with E-state index in [2.05, 4.69) is 26.2 Å². The standard InChI is InChI=1S/C14H12BrClN2O/c1-8-4-3-5-11(12(8)15)14(19)18-10-6-9(2)13(16)17-7-10/h3-7H,1-2H3,(H,18,19). The maximum absolute atomic E-state index is 12.2. The molecule has 0 aliphatic rings. The average molecular weight is 340 g/mol. The second kappa shape index (κ2) is 5.72. The molecule has 0 aliphatic carbocycles. The molecule has 0 atom stereocenters. The monoisotopic (exact) mass is 338 g/mol. The number of pyridine rings is 1. The van der Waals surface area contributed by atoms with Crippen molar-refractivity contribution in [3.8, 4) is 0 Å². The Bertz CT molecular complexity index is 643. The largest absolute Gasteiger partial charge is 0.321 e. The van der Waals surface area contributed by atoms with Crippen LogP contribution in [-0.2, 0) is 0 Å². The number of aryl methyl sites for hydroxylation is 2. The highest BCUT2D eigenvalue weighted by Gasteiger charge is 2.12. The van der Waals surface area contributed by atoms with Crippen LogP contribution in [0.15, 0.2) is 34.9 Å².